The van der Waals surface area contributed by atoms with Crippen LogP contribution >= 0.6 is 0 Å². The molecule has 4 rings (SSSR count). The van der Waals surface area contributed by atoms with Gasteiger partial charge in [-0.2, -0.15) is 26.3 Å². The summed E-state index contributed by atoms with van der Waals surface area (Å²) in [6, 6.07) is 4.47. The van der Waals surface area contributed by atoms with E-state index >= 15 is 0 Å². The number of nitrogens with zero attached hydrogens (tertiary/aromatic N) is 3. The van der Waals surface area contributed by atoms with Crippen molar-refractivity contribution in [3.05, 3.63) is 95.1 Å². The highest BCUT2D eigenvalue weighted by atomic mass is 19.4. The second kappa shape index (κ2) is 12.0. The molecule has 0 bridgehead atoms. The number of hydrogen-bond donors (Lipinski definition) is 0. The van der Waals surface area contributed by atoms with E-state index in [0.29, 0.717) is 31.4 Å². The van der Waals surface area contributed by atoms with Crippen molar-refractivity contribution < 1.29 is 35.9 Å². The van der Waals surface area contributed by atoms with E-state index in [1.165, 1.54) is 18.9 Å². The van der Waals surface area contributed by atoms with Crippen molar-refractivity contribution in [1.29, 1.82) is 0 Å². The van der Waals surface area contributed by atoms with Crippen molar-refractivity contribution in [3.8, 4) is 0 Å². The molecule has 11 heteroatoms. The third kappa shape index (κ3) is 6.10. The van der Waals surface area contributed by atoms with Gasteiger partial charge in [-0.05, 0) is 74.9 Å². The maximum Gasteiger partial charge on any atom is 0.416 e. The monoisotopic (exact) mass is 621 g/mol. The molecule has 44 heavy (non-hydrogen) atoms. The van der Waals surface area contributed by atoms with Crippen molar-refractivity contribution in [2.75, 3.05) is 20.1 Å². The molecule has 0 saturated carbocycles. The molecule has 3 amide bonds. The molecule has 0 N–H and O–H groups in total. The number of piperazine rings is 1. The molecule has 238 valence electrons. The van der Waals surface area contributed by atoms with E-state index in [4.69, 9.17) is 0 Å². The lowest BCUT2D eigenvalue weighted by Crippen LogP contribution is -2.57. The van der Waals surface area contributed by atoms with Gasteiger partial charge in [0.2, 0.25) is 5.91 Å². The summed E-state index contributed by atoms with van der Waals surface area (Å²) in [7, 11) is 1.37. The molecule has 0 aromatic heterocycles. The van der Waals surface area contributed by atoms with E-state index < -0.39 is 53.1 Å². The lowest BCUT2D eigenvalue weighted by Gasteiger charge is -2.47. The van der Waals surface area contributed by atoms with Gasteiger partial charge in [-0.1, -0.05) is 35.9 Å². The number of carbonyl (C=O) groups is 2. The second-order valence-electron chi connectivity index (χ2n) is 11.9. The van der Waals surface area contributed by atoms with Gasteiger partial charge < -0.3 is 14.7 Å². The predicted octanol–water partition coefficient (Wildman–Crippen LogP) is 8.25. The molecule has 5 nitrogen and oxygen atoms in total. The third-order valence-electron chi connectivity index (χ3n) is 9.03. The minimum Gasteiger partial charge on any atom is -0.335 e. The molecule has 0 aliphatic carbocycles. The highest BCUT2D eigenvalue weighted by molar-refractivity contribution is 5.87. The SMILES string of the molecule is C=CCC1(CC=C)C[C@H]2[C@H](c3ccc(C)cc3C)N(C(=O)N(C)[C@H](C)c3cc(C(F)(F)F)cc(C(F)(F)F)c3)CCN2C1=O. The first-order chi connectivity index (χ1) is 20.4. The standard InChI is InChI=1S/C33H37F6N3O2/c1-7-11-31(12-8-2)19-27-28(26-10-9-20(3)15-21(26)4)42(14-13-41(27)29(31)43)30(44)40(6)22(5)23-16-24(32(34,35)36)18-25(17-23)33(37,38)39/h7-10,15-18,22,27-28H,1-2,11-14,19H2,3-6H3/t22-,27+,28+/m1/s1. The van der Waals surface area contributed by atoms with Gasteiger partial charge in [0.05, 0.1) is 34.7 Å². The minimum atomic E-state index is -5.01. The average molecular weight is 622 g/mol. The molecular weight excluding hydrogens is 584 g/mol. The Labute approximate surface area is 253 Å². The fraction of sp³-hybridized carbons (Fsp3) is 0.455. The molecule has 2 saturated heterocycles. The second-order valence-corrected chi connectivity index (χ2v) is 11.9. The van der Waals surface area contributed by atoms with Crippen LogP contribution in [0.4, 0.5) is 31.1 Å². The third-order valence-corrected chi connectivity index (χ3v) is 9.03. The summed E-state index contributed by atoms with van der Waals surface area (Å²) >= 11 is 0. The number of urea groups is 1. The molecule has 2 aromatic rings. The van der Waals surface area contributed by atoms with Gasteiger partial charge in [0.15, 0.2) is 0 Å². The Kier molecular flexibility index (Phi) is 9.01. The van der Waals surface area contributed by atoms with Gasteiger partial charge in [-0.25, -0.2) is 4.79 Å². The van der Waals surface area contributed by atoms with Gasteiger partial charge in [-0.15, -0.1) is 13.2 Å². The number of benzene rings is 2. The highest BCUT2D eigenvalue weighted by Crippen LogP contribution is 2.50. The minimum absolute atomic E-state index is 0.0467. The Balaban J connectivity index is 1.76. The van der Waals surface area contributed by atoms with E-state index in [-0.39, 0.29) is 30.6 Å². The molecule has 2 aromatic carbocycles. The van der Waals surface area contributed by atoms with Crippen molar-refractivity contribution in [2.24, 2.45) is 5.41 Å². The number of rotatable bonds is 7. The Morgan fingerprint density at radius 2 is 1.57 bits per heavy atom. The molecule has 0 unspecified atom stereocenters. The zero-order valence-electron chi connectivity index (χ0n) is 25.2. The normalized spacial score (nSPS) is 20.7. The molecule has 2 aliphatic rings. The Hall–Kier alpha value is -3.76. The smallest absolute Gasteiger partial charge is 0.335 e. The van der Waals surface area contributed by atoms with E-state index in [2.05, 4.69) is 13.2 Å². The van der Waals surface area contributed by atoms with Crippen LogP contribution in [0, 0.1) is 19.3 Å². The Morgan fingerprint density at radius 3 is 2.07 bits per heavy atom. The number of hydrogen-bond acceptors (Lipinski definition) is 2. The zero-order valence-corrected chi connectivity index (χ0v) is 25.2. The lowest BCUT2D eigenvalue weighted by molar-refractivity contribution is -0.143. The summed E-state index contributed by atoms with van der Waals surface area (Å²) in [5, 5.41) is 0. The maximum absolute atomic E-state index is 14.2. The summed E-state index contributed by atoms with van der Waals surface area (Å²) < 4.78 is 81.5. The highest BCUT2D eigenvalue weighted by Gasteiger charge is 2.56. The molecular formula is C33H37F6N3O2. The topological polar surface area (TPSA) is 43.9 Å². The van der Waals surface area contributed by atoms with E-state index in [9.17, 15) is 35.9 Å². The number of allylic oxidation sites excluding steroid dienone is 2. The number of aryl methyl sites for hydroxylation is 2. The molecule has 0 spiro atoms. The van der Waals surface area contributed by atoms with Gasteiger partial charge in [0.1, 0.15) is 0 Å². The van der Waals surface area contributed by atoms with Gasteiger partial charge in [0, 0.05) is 20.1 Å². The molecule has 0 radical (unpaired) electrons. The van der Waals surface area contributed by atoms with Crippen LogP contribution in [0.1, 0.15) is 71.7 Å². The summed E-state index contributed by atoms with van der Waals surface area (Å²) in [6.45, 7) is 13.3. The van der Waals surface area contributed by atoms with Crippen LogP contribution in [0.5, 0.6) is 0 Å². The van der Waals surface area contributed by atoms with Crippen molar-refractivity contribution in [3.63, 3.8) is 0 Å². The van der Waals surface area contributed by atoms with Crippen LogP contribution in [-0.4, -0.2) is 52.8 Å². The Morgan fingerprint density at radius 1 is 1.00 bits per heavy atom. The first-order valence-electron chi connectivity index (χ1n) is 14.4. The van der Waals surface area contributed by atoms with Gasteiger partial charge >= 0.3 is 18.4 Å². The fourth-order valence-electron chi connectivity index (χ4n) is 6.70. The van der Waals surface area contributed by atoms with Crippen molar-refractivity contribution in [1.82, 2.24) is 14.7 Å². The number of alkyl halides is 6. The van der Waals surface area contributed by atoms with Crippen LogP contribution in [0.15, 0.2) is 61.7 Å². The molecule has 2 fully saturated rings. The fourth-order valence-corrected chi connectivity index (χ4v) is 6.70. The maximum atomic E-state index is 14.2. The summed E-state index contributed by atoms with van der Waals surface area (Å²) in [5.41, 5.74) is -1.23. The summed E-state index contributed by atoms with van der Waals surface area (Å²) in [6.07, 6.45) is -5.35. The number of halogens is 6. The average Bonchev–Trinajstić information content (AvgIpc) is 3.21. The van der Waals surface area contributed by atoms with E-state index in [0.717, 1.165) is 16.7 Å². The number of amides is 3. The summed E-state index contributed by atoms with van der Waals surface area (Å²) in [4.78, 5) is 32.6. The number of fused-ring (bicyclic) bond motifs is 1. The molecule has 2 heterocycles. The van der Waals surface area contributed by atoms with E-state index in [1.807, 2.05) is 32.0 Å². The summed E-state index contributed by atoms with van der Waals surface area (Å²) in [5.74, 6) is -0.0467. The van der Waals surface area contributed by atoms with Gasteiger partial charge in [-0.3, -0.25) is 4.79 Å². The van der Waals surface area contributed by atoms with Crippen molar-refractivity contribution >= 4 is 11.9 Å². The lowest BCUT2D eigenvalue weighted by atomic mass is 9.76. The quantitative estimate of drug-likeness (QED) is 0.231. The van der Waals surface area contributed by atoms with E-state index in [1.54, 1.807) is 22.0 Å². The van der Waals surface area contributed by atoms with Crippen LogP contribution in [0.2, 0.25) is 0 Å². The van der Waals surface area contributed by atoms with Crippen molar-refractivity contribution in [2.45, 2.75) is 70.5 Å². The van der Waals surface area contributed by atoms with Crippen LogP contribution in [0.25, 0.3) is 0 Å². The first-order valence-corrected chi connectivity index (χ1v) is 14.4. The van der Waals surface area contributed by atoms with Gasteiger partial charge in [0.25, 0.3) is 0 Å². The van der Waals surface area contributed by atoms with Crippen LogP contribution in [0.3, 0.4) is 0 Å². The predicted molar refractivity (Wildman–Crippen MR) is 156 cm³/mol. The van der Waals surface area contributed by atoms with Crippen LogP contribution in [-0.2, 0) is 17.1 Å². The zero-order chi connectivity index (χ0) is 32.8. The van der Waals surface area contributed by atoms with Crippen LogP contribution < -0.4 is 0 Å². The first kappa shape index (κ1) is 33.1. The molecule has 3 atom stereocenters. The Bertz CT molecular complexity index is 1410. The molecule has 2 aliphatic heterocycles. The largest absolute Gasteiger partial charge is 0.416 e. The number of carbonyl (C=O) groups excluding carboxylic acids is 2.